The molecule has 0 unspecified atom stereocenters. The molecule has 45 heavy (non-hydrogen) atoms. The Balaban J connectivity index is 1.81. The largest absolute Gasteiger partial charge is 0.354 e. The van der Waals surface area contributed by atoms with Gasteiger partial charge < -0.3 is 10.2 Å². The van der Waals surface area contributed by atoms with Crippen molar-refractivity contribution in [3.8, 4) is 0 Å². The SMILES string of the molecule is CCCCNC(=O)[C@@H](Cc1ccccc1)N(Cc1ccc(Br)cc1)C(=O)CN(c1cc(C)ccc1C)S(=O)(=O)c1ccccc1. The van der Waals surface area contributed by atoms with Gasteiger partial charge in [-0.05, 0) is 72.9 Å². The Bertz CT molecular complexity index is 1680. The number of anilines is 1. The maximum absolute atomic E-state index is 14.6. The van der Waals surface area contributed by atoms with E-state index in [-0.39, 0.29) is 23.8 Å². The first-order valence-electron chi connectivity index (χ1n) is 15.1. The Kier molecular flexibility index (Phi) is 12.0. The summed E-state index contributed by atoms with van der Waals surface area (Å²) in [5, 5.41) is 3.02. The third kappa shape index (κ3) is 9.05. The highest BCUT2D eigenvalue weighted by atomic mass is 79.9. The lowest BCUT2D eigenvalue weighted by atomic mass is 10.0. The average molecular weight is 691 g/mol. The minimum Gasteiger partial charge on any atom is -0.354 e. The number of carbonyl (C=O) groups is 2. The van der Waals surface area contributed by atoms with Gasteiger partial charge >= 0.3 is 0 Å². The van der Waals surface area contributed by atoms with Crippen LogP contribution in [0.15, 0.2) is 112 Å². The highest BCUT2D eigenvalue weighted by Gasteiger charge is 2.35. The van der Waals surface area contributed by atoms with Gasteiger partial charge in [-0.25, -0.2) is 8.42 Å². The van der Waals surface area contributed by atoms with Crippen molar-refractivity contribution in [2.24, 2.45) is 0 Å². The van der Waals surface area contributed by atoms with Gasteiger partial charge in [0.25, 0.3) is 10.0 Å². The van der Waals surface area contributed by atoms with Gasteiger partial charge in [-0.2, -0.15) is 0 Å². The monoisotopic (exact) mass is 689 g/mol. The number of sulfonamides is 1. The molecule has 0 radical (unpaired) electrons. The molecule has 1 atom stereocenters. The molecule has 0 fully saturated rings. The van der Waals surface area contributed by atoms with E-state index in [1.807, 2.05) is 87.5 Å². The number of amides is 2. The minimum atomic E-state index is -4.14. The number of nitrogens with zero attached hydrogens (tertiary/aromatic N) is 2. The van der Waals surface area contributed by atoms with Crippen LogP contribution >= 0.6 is 15.9 Å². The molecule has 4 rings (SSSR count). The second-order valence-corrected chi connectivity index (χ2v) is 13.9. The van der Waals surface area contributed by atoms with Crippen LogP contribution in [-0.4, -0.2) is 44.3 Å². The second-order valence-electron chi connectivity index (χ2n) is 11.1. The van der Waals surface area contributed by atoms with Crippen LogP contribution in [0, 0.1) is 13.8 Å². The first-order chi connectivity index (χ1) is 21.6. The number of hydrogen-bond donors (Lipinski definition) is 1. The molecule has 0 saturated heterocycles. The van der Waals surface area contributed by atoms with Crippen molar-refractivity contribution in [3.63, 3.8) is 0 Å². The van der Waals surface area contributed by atoms with Crippen LogP contribution in [0.5, 0.6) is 0 Å². The summed E-state index contributed by atoms with van der Waals surface area (Å²) < 4.78 is 30.4. The molecule has 4 aromatic carbocycles. The number of unbranched alkanes of at least 4 members (excludes halogenated alkanes) is 1. The third-order valence-electron chi connectivity index (χ3n) is 7.61. The van der Waals surface area contributed by atoms with Crippen molar-refractivity contribution in [1.82, 2.24) is 10.2 Å². The summed E-state index contributed by atoms with van der Waals surface area (Å²) >= 11 is 3.47. The van der Waals surface area contributed by atoms with Gasteiger partial charge in [-0.15, -0.1) is 0 Å². The molecule has 0 heterocycles. The molecule has 0 aliphatic heterocycles. The van der Waals surface area contributed by atoms with Gasteiger partial charge in [-0.3, -0.25) is 13.9 Å². The molecular formula is C36H40BrN3O4S. The lowest BCUT2D eigenvalue weighted by molar-refractivity contribution is -0.140. The second kappa shape index (κ2) is 15.9. The van der Waals surface area contributed by atoms with Gasteiger partial charge in [0.1, 0.15) is 12.6 Å². The Morgan fingerprint density at radius 3 is 2.13 bits per heavy atom. The molecule has 7 nitrogen and oxygen atoms in total. The number of rotatable bonds is 14. The van der Waals surface area contributed by atoms with Crippen molar-refractivity contribution in [2.45, 2.75) is 57.5 Å². The van der Waals surface area contributed by atoms with Crippen LogP contribution in [0.1, 0.15) is 42.0 Å². The van der Waals surface area contributed by atoms with Gasteiger partial charge in [0.05, 0.1) is 10.6 Å². The van der Waals surface area contributed by atoms with E-state index >= 15 is 0 Å². The van der Waals surface area contributed by atoms with Crippen molar-refractivity contribution in [1.29, 1.82) is 0 Å². The van der Waals surface area contributed by atoms with Crippen molar-refractivity contribution < 1.29 is 18.0 Å². The summed E-state index contributed by atoms with van der Waals surface area (Å²) in [5.41, 5.74) is 3.70. The summed E-state index contributed by atoms with van der Waals surface area (Å²) in [7, 11) is -4.14. The summed E-state index contributed by atoms with van der Waals surface area (Å²) in [6.07, 6.45) is 1.99. The zero-order chi connectivity index (χ0) is 32.4. The fourth-order valence-electron chi connectivity index (χ4n) is 5.07. The first-order valence-corrected chi connectivity index (χ1v) is 17.3. The maximum Gasteiger partial charge on any atom is 0.264 e. The predicted octanol–water partition coefficient (Wildman–Crippen LogP) is 6.82. The van der Waals surface area contributed by atoms with Crippen molar-refractivity contribution in [2.75, 3.05) is 17.4 Å². The highest BCUT2D eigenvalue weighted by molar-refractivity contribution is 9.10. The summed E-state index contributed by atoms with van der Waals surface area (Å²) in [6, 6.07) is 29.9. The zero-order valence-electron chi connectivity index (χ0n) is 25.9. The standard InChI is InChI=1S/C36H40BrN3O4S/c1-4-5-22-38-36(42)34(24-29-12-8-6-9-13-29)39(25-30-18-20-31(37)21-19-30)35(41)26-40(33-23-27(2)16-17-28(33)3)45(43,44)32-14-10-7-11-15-32/h6-21,23,34H,4-5,22,24-26H2,1-3H3,(H,38,42)/t34-/m1/s1. The Labute approximate surface area is 275 Å². The highest BCUT2D eigenvalue weighted by Crippen LogP contribution is 2.29. The maximum atomic E-state index is 14.6. The van der Waals surface area contributed by atoms with E-state index in [1.165, 1.54) is 21.3 Å². The van der Waals surface area contributed by atoms with Crippen molar-refractivity contribution in [3.05, 3.63) is 130 Å². The van der Waals surface area contributed by atoms with Crippen LogP contribution in [0.2, 0.25) is 0 Å². The van der Waals surface area contributed by atoms with E-state index in [4.69, 9.17) is 0 Å². The van der Waals surface area contributed by atoms with E-state index in [9.17, 15) is 18.0 Å². The molecule has 0 bridgehead atoms. The lowest BCUT2D eigenvalue weighted by Crippen LogP contribution is -2.53. The molecule has 9 heteroatoms. The molecule has 2 amide bonds. The normalized spacial score (nSPS) is 11.9. The minimum absolute atomic E-state index is 0.0799. The summed E-state index contributed by atoms with van der Waals surface area (Å²) in [5.74, 6) is -0.758. The fraction of sp³-hybridized carbons (Fsp3) is 0.278. The molecule has 0 aliphatic rings. The van der Waals surface area contributed by atoms with Gasteiger partial charge in [0, 0.05) is 24.0 Å². The van der Waals surface area contributed by atoms with E-state index in [0.717, 1.165) is 34.0 Å². The van der Waals surface area contributed by atoms with Crippen LogP contribution in [-0.2, 0) is 32.6 Å². The summed E-state index contributed by atoms with van der Waals surface area (Å²) in [6.45, 7) is 5.88. The molecule has 0 spiro atoms. The zero-order valence-corrected chi connectivity index (χ0v) is 28.4. The topological polar surface area (TPSA) is 86.8 Å². The molecule has 236 valence electrons. The number of benzene rings is 4. The number of halogens is 1. The van der Waals surface area contributed by atoms with Gasteiger partial charge in [0.15, 0.2) is 0 Å². The van der Waals surface area contributed by atoms with Gasteiger partial charge in [0.2, 0.25) is 11.8 Å². The third-order valence-corrected chi connectivity index (χ3v) is 9.91. The fourth-order valence-corrected chi connectivity index (χ4v) is 6.82. The van der Waals surface area contributed by atoms with Crippen LogP contribution in [0.25, 0.3) is 0 Å². The molecule has 1 N–H and O–H groups in total. The summed E-state index contributed by atoms with van der Waals surface area (Å²) in [4.78, 5) is 30.0. The molecule has 0 aromatic heterocycles. The number of carbonyl (C=O) groups excluding carboxylic acids is 2. The first kappa shape index (κ1) is 33.9. The molecule has 0 saturated carbocycles. The Morgan fingerprint density at radius 2 is 1.49 bits per heavy atom. The quantitative estimate of drug-likeness (QED) is 0.147. The average Bonchev–Trinajstić information content (AvgIpc) is 3.04. The van der Waals surface area contributed by atoms with Crippen LogP contribution < -0.4 is 9.62 Å². The lowest BCUT2D eigenvalue weighted by Gasteiger charge is -2.34. The Hall–Kier alpha value is -3.95. The molecule has 0 aliphatic carbocycles. The Morgan fingerprint density at radius 1 is 0.844 bits per heavy atom. The van der Waals surface area contributed by atoms with E-state index < -0.39 is 28.5 Å². The van der Waals surface area contributed by atoms with E-state index in [2.05, 4.69) is 21.2 Å². The number of hydrogen-bond acceptors (Lipinski definition) is 4. The number of nitrogens with one attached hydrogen (secondary N) is 1. The van der Waals surface area contributed by atoms with Crippen LogP contribution in [0.3, 0.4) is 0 Å². The molecular weight excluding hydrogens is 650 g/mol. The van der Waals surface area contributed by atoms with E-state index in [0.29, 0.717) is 17.8 Å². The predicted molar refractivity (Wildman–Crippen MR) is 183 cm³/mol. The smallest absolute Gasteiger partial charge is 0.264 e. The van der Waals surface area contributed by atoms with Crippen LogP contribution in [0.4, 0.5) is 5.69 Å². The van der Waals surface area contributed by atoms with Crippen molar-refractivity contribution >= 4 is 43.5 Å². The van der Waals surface area contributed by atoms with Gasteiger partial charge in [-0.1, -0.05) is 102 Å². The number of aryl methyl sites for hydroxylation is 2. The molecule has 4 aromatic rings. The van der Waals surface area contributed by atoms with E-state index in [1.54, 1.807) is 24.3 Å².